The lowest BCUT2D eigenvalue weighted by Gasteiger charge is -2.19. The summed E-state index contributed by atoms with van der Waals surface area (Å²) in [5, 5.41) is 0. The van der Waals surface area contributed by atoms with E-state index in [9.17, 15) is 13.2 Å². The van der Waals surface area contributed by atoms with Gasteiger partial charge in [0.15, 0.2) is 0 Å². The van der Waals surface area contributed by atoms with Crippen molar-refractivity contribution in [2.24, 2.45) is 0 Å². The van der Waals surface area contributed by atoms with Crippen LogP contribution in [0.3, 0.4) is 0 Å². The van der Waals surface area contributed by atoms with Gasteiger partial charge in [0.05, 0.1) is 5.75 Å². The smallest absolute Gasteiger partial charge is 0.229 e. The highest BCUT2D eigenvalue weighted by molar-refractivity contribution is 7.89. The molecule has 0 radical (unpaired) electrons. The number of hydrogen-bond acceptors (Lipinski definition) is 4. The number of pyridine rings is 1. The van der Waals surface area contributed by atoms with Crippen molar-refractivity contribution >= 4 is 21.7 Å². The number of hydrogen-bond donors (Lipinski definition) is 0. The van der Waals surface area contributed by atoms with Crippen LogP contribution in [0.4, 0.5) is 5.82 Å². The lowest BCUT2D eigenvalue weighted by molar-refractivity contribution is -0.118. The summed E-state index contributed by atoms with van der Waals surface area (Å²) < 4.78 is 24.7. The van der Waals surface area contributed by atoms with Gasteiger partial charge in [-0.15, -0.1) is 0 Å². The van der Waals surface area contributed by atoms with Gasteiger partial charge in [0, 0.05) is 32.3 Å². The average Bonchev–Trinajstić information content (AvgIpc) is 2.74. The Morgan fingerprint density at radius 2 is 2.20 bits per heavy atom. The third-order valence-electron chi connectivity index (χ3n) is 3.37. The molecule has 1 saturated heterocycles. The van der Waals surface area contributed by atoms with E-state index in [1.54, 1.807) is 13.1 Å². The first-order valence-electron chi connectivity index (χ1n) is 6.58. The molecule has 1 aromatic rings. The zero-order valence-electron chi connectivity index (χ0n) is 11.7. The summed E-state index contributed by atoms with van der Waals surface area (Å²) in [5.41, 5.74) is 0.837. The van der Waals surface area contributed by atoms with Gasteiger partial charge in [-0.1, -0.05) is 6.07 Å². The number of sulfonamides is 1. The molecule has 1 aliphatic heterocycles. The van der Waals surface area contributed by atoms with Gasteiger partial charge in [-0.3, -0.25) is 9.69 Å². The van der Waals surface area contributed by atoms with E-state index >= 15 is 0 Å². The van der Waals surface area contributed by atoms with Gasteiger partial charge in [0.2, 0.25) is 15.9 Å². The third kappa shape index (κ3) is 3.34. The molecule has 0 atom stereocenters. The molecule has 0 N–H and O–H groups in total. The van der Waals surface area contributed by atoms with Crippen molar-refractivity contribution in [2.75, 3.05) is 30.8 Å². The molecule has 20 heavy (non-hydrogen) atoms. The Labute approximate surface area is 119 Å². The van der Waals surface area contributed by atoms with Crippen LogP contribution < -0.4 is 4.90 Å². The molecule has 1 aliphatic rings. The van der Waals surface area contributed by atoms with E-state index in [0.29, 0.717) is 18.8 Å². The monoisotopic (exact) mass is 297 g/mol. The van der Waals surface area contributed by atoms with Crippen molar-refractivity contribution in [1.29, 1.82) is 0 Å². The van der Waals surface area contributed by atoms with Crippen LogP contribution >= 0.6 is 0 Å². The topological polar surface area (TPSA) is 70.6 Å². The molecule has 0 spiro atoms. The van der Waals surface area contributed by atoms with Crippen molar-refractivity contribution in [3.05, 3.63) is 23.9 Å². The number of carbonyl (C=O) groups is 1. The maximum atomic E-state index is 12.1. The number of amides is 1. The van der Waals surface area contributed by atoms with Crippen molar-refractivity contribution in [2.45, 2.75) is 19.8 Å². The molecule has 1 aromatic heterocycles. The molecule has 1 fully saturated rings. The van der Waals surface area contributed by atoms with Crippen LogP contribution in [0.2, 0.25) is 0 Å². The van der Waals surface area contributed by atoms with Gasteiger partial charge in [0.1, 0.15) is 5.82 Å². The molecule has 0 aliphatic carbocycles. The zero-order chi connectivity index (χ0) is 14.8. The second kappa shape index (κ2) is 5.88. The van der Waals surface area contributed by atoms with Gasteiger partial charge in [-0.25, -0.2) is 17.7 Å². The van der Waals surface area contributed by atoms with Crippen LogP contribution in [-0.4, -0.2) is 49.5 Å². The number of nitrogens with zero attached hydrogens (tertiary/aromatic N) is 3. The Hall–Kier alpha value is -1.47. The lowest BCUT2D eigenvalue weighted by atomic mass is 10.3. The van der Waals surface area contributed by atoms with Crippen molar-refractivity contribution in [3.63, 3.8) is 0 Å². The number of carbonyl (C=O) groups excluding carboxylic acids is 1. The fraction of sp³-hybridized carbons (Fsp3) is 0.538. The van der Waals surface area contributed by atoms with Gasteiger partial charge in [-0.05, 0) is 25.5 Å². The van der Waals surface area contributed by atoms with Crippen molar-refractivity contribution < 1.29 is 13.2 Å². The normalized spacial score (nSPS) is 18.1. The van der Waals surface area contributed by atoms with Crippen LogP contribution in [0.1, 0.15) is 18.5 Å². The number of aromatic nitrogens is 1. The van der Waals surface area contributed by atoms with Gasteiger partial charge in [0.25, 0.3) is 0 Å². The fourth-order valence-electron chi connectivity index (χ4n) is 2.17. The summed E-state index contributed by atoms with van der Waals surface area (Å²) in [6, 6.07) is 5.46. The van der Waals surface area contributed by atoms with E-state index in [1.165, 1.54) is 9.21 Å². The van der Waals surface area contributed by atoms with Gasteiger partial charge < -0.3 is 0 Å². The summed E-state index contributed by atoms with van der Waals surface area (Å²) in [6.07, 6.45) is 0.817. The summed E-state index contributed by atoms with van der Waals surface area (Å²) in [5.74, 6) is 0.640. The number of rotatable bonds is 4. The fourth-order valence-corrected chi connectivity index (χ4v) is 3.70. The van der Waals surface area contributed by atoms with E-state index in [1.807, 2.05) is 19.1 Å². The molecular weight excluding hydrogens is 278 g/mol. The minimum atomic E-state index is -3.13. The summed E-state index contributed by atoms with van der Waals surface area (Å²) in [7, 11) is -1.48. The van der Waals surface area contributed by atoms with E-state index < -0.39 is 10.0 Å². The first-order valence-corrected chi connectivity index (χ1v) is 8.19. The standard InChI is InChI=1S/C13H19N3O3S/c1-11-5-3-6-12(14-11)15(2)13(17)7-9-16-8-4-10-20(16,18)19/h3,5-6H,4,7-10H2,1-2H3. The Kier molecular flexibility index (Phi) is 4.39. The Balaban J connectivity index is 1.95. The van der Waals surface area contributed by atoms with Crippen molar-refractivity contribution in [3.8, 4) is 0 Å². The largest absolute Gasteiger partial charge is 0.300 e. The van der Waals surface area contributed by atoms with Crippen LogP contribution in [0.15, 0.2) is 18.2 Å². The van der Waals surface area contributed by atoms with E-state index in [0.717, 1.165) is 5.69 Å². The second-order valence-electron chi connectivity index (χ2n) is 4.91. The highest BCUT2D eigenvalue weighted by atomic mass is 32.2. The molecule has 0 saturated carbocycles. The van der Waals surface area contributed by atoms with Crippen LogP contribution in [0, 0.1) is 6.92 Å². The third-order valence-corrected chi connectivity index (χ3v) is 5.33. The number of anilines is 1. The molecule has 2 heterocycles. The molecule has 0 bridgehead atoms. The van der Waals surface area contributed by atoms with Gasteiger partial charge in [-0.2, -0.15) is 0 Å². The maximum Gasteiger partial charge on any atom is 0.229 e. The van der Waals surface area contributed by atoms with E-state index in [-0.39, 0.29) is 24.6 Å². The average molecular weight is 297 g/mol. The number of aryl methyl sites for hydroxylation is 1. The van der Waals surface area contributed by atoms with Crippen LogP contribution in [-0.2, 0) is 14.8 Å². The Bertz CT molecular complexity index is 601. The highest BCUT2D eigenvalue weighted by Crippen LogP contribution is 2.15. The van der Waals surface area contributed by atoms with Crippen LogP contribution in [0.25, 0.3) is 0 Å². The molecule has 110 valence electrons. The molecule has 2 rings (SSSR count). The lowest BCUT2D eigenvalue weighted by Crippen LogP contribution is -2.33. The second-order valence-corrected chi connectivity index (χ2v) is 7.00. The van der Waals surface area contributed by atoms with Crippen LogP contribution in [0.5, 0.6) is 0 Å². The van der Waals surface area contributed by atoms with Crippen molar-refractivity contribution in [1.82, 2.24) is 9.29 Å². The predicted octanol–water partition coefficient (Wildman–Crippen LogP) is 0.778. The molecular formula is C13H19N3O3S. The first-order chi connectivity index (χ1) is 9.40. The SMILES string of the molecule is Cc1cccc(N(C)C(=O)CCN2CCCS2(=O)=O)n1. The minimum Gasteiger partial charge on any atom is -0.300 e. The quantitative estimate of drug-likeness (QED) is 0.823. The summed E-state index contributed by atoms with van der Waals surface area (Å²) in [6.45, 7) is 2.62. The molecule has 0 unspecified atom stereocenters. The van der Waals surface area contributed by atoms with Gasteiger partial charge >= 0.3 is 0 Å². The molecule has 6 nitrogen and oxygen atoms in total. The zero-order valence-corrected chi connectivity index (χ0v) is 12.6. The Morgan fingerprint density at radius 1 is 1.45 bits per heavy atom. The van der Waals surface area contributed by atoms with E-state index in [4.69, 9.17) is 0 Å². The first kappa shape index (κ1) is 14.9. The molecule has 0 aromatic carbocycles. The predicted molar refractivity (Wildman–Crippen MR) is 77.0 cm³/mol. The minimum absolute atomic E-state index is 0.134. The Morgan fingerprint density at radius 3 is 2.80 bits per heavy atom. The summed E-state index contributed by atoms with van der Waals surface area (Å²) >= 11 is 0. The highest BCUT2D eigenvalue weighted by Gasteiger charge is 2.28. The molecule has 7 heteroatoms. The molecule has 1 amide bonds. The maximum absolute atomic E-state index is 12.1. The summed E-state index contributed by atoms with van der Waals surface area (Å²) in [4.78, 5) is 17.8. The van der Waals surface area contributed by atoms with E-state index in [2.05, 4.69) is 4.98 Å².